The lowest BCUT2D eigenvalue weighted by atomic mass is 9.81. The summed E-state index contributed by atoms with van der Waals surface area (Å²) >= 11 is 4.30. The van der Waals surface area contributed by atoms with E-state index in [1.807, 2.05) is 0 Å². The molecule has 0 radical (unpaired) electrons. The van der Waals surface area contributed by atoms with Gasteiger partial charge in [-0.1, -0.05) is 19.9 Å². The van der Waals surface area contributed by atoms with Gasteiger partial charge in [0.2, 0.25) is 0 Å². The van der Waals surface area contributed by atoms with Gasteiger partial charge in [0.1, 0.15) is 0 Å². The molecular weight excluding hydrogens is 128 g/mol. The normalized spacial score (nSPS) is 25.4. The average Bonchev–Trinajstić information content (AvgIpc) is 1.78. The van der Waals surface area contributed by atoms with Crippen LogP contribution in [0.5, 0.6) is 0 Å². The Morgan fingerprint density at radius 1 is 1.56 bits per heavy atom. The standard InChI is InChI=1S/C8H14S/c1-8(2)5-3-7(9)4-6-8/h3,9H,4-6H2,1-2H3. The van der Waals surface area contributed by atoms with E-state index in [0.29, 0.717) is 5.41 Å². The zero-order valence-corrected chi connectivity index (χ0v) is 7.04. The molecule has 0 spiro atoms. The highest BCUT2D eigenvalue weighted by molar-refractivity contribution is 7.84. The molecule has 0 amide bonds. The lowest BCUT2D eigenvalue weighted by molar-refractivity contribution is 0.329. The van der Waals surface area contributed by atoms with E-state index >= 15 is 0 Å². The van der Waals surface area contributed by atoms with Crippen LogP contribution in [0.1, 0.15) is 33.1 Å². The van der Waals surface area contributed by atoms with Crippen molar-refractivity contribution in [2.24, 2.45) is 5.41 Å². The Morgan fingerprint density at radius 3 is 2.56 bits per heavy atom. The van der Waals surface area contributed by atoms with Crippen molar-refractivity contribution >= 4 is 12.6 Å². The molecule has 9 heavy (non-hydrogen) atoms. The van der Waals surface area contributed by atoms with Crippen LogP contribution in [-0.2, 0) is 0 Å². The molecule has 0 aromatic heterocycles. The molecule has 0 aliphatic heterocycles. The topological polar surface area (TPSA) is 0 Å². The molecule has 52 valence electrons. The average molecular weight is 142 g/mol. The second-order valence-corrected chi connectivity index (χ2v) is 4.14. The minimum absolute atomic E-state index is 0.534. The molecule has 0 saturated heterocycles. The fourth-order valence-corrected chi connectivity index (χ4v) is 1.27. The van der Waals surface area contributed by atoms with Gasteiger partial charge in [0.25, 0.3) is 0 Å². The molecule has 1 rings (SSSR count). The fraction of sp³-hybridized carbons (Fsp3) is 0.750. The number of hydrogen-bond donors (Lipinski definition) is 1. The summed E-state index contributed by atoms with van der Waals surface area (Å²) < 4.78 is 0. The lowest BCUT2D eigenvalue weighted by Gasteiger charge is -2.26. The molecule has 0 bridgehead atoms. The van der Waals surface area contributed by atoms with E-state index in [1.165, 1.54) is 24.2 Å². The van der Waals surface area contributed by atoms with Crippen LogP contribution in [0.15, 0.2) is 11.0 Å². The molecule has 0 aromatic rings. The first kappa shape index (κ1) is 7.20. The zero-order chi connectivity index (χ0) is 6.91. The largest absolute Gasteiger partial charge is 0.148 e. The highest BCUT2D eigenvalue weighted by atomic mass is 32.1. The summed E-state index contributed by atoms with van der Waals surface area (Å²) in [5, 5.41) is 0. The SMILES string of the molecule is CC1(C)CC=C(S)CC1. The Morgan fingerprint density at radius 2 is 2.22 bits per heavy atom. The summed E-state index contributed by atoms with van der Waals surface area (Å²) in [5.41, 5.74) is 0.534. The van der Waals surface area contributed by atoms with E-state index in [9.17, 15) is 0 Å². The van der Waals surface area contributed by atoms with Crippen LogP contribution in [-0.4, -0.2) is 0 Å². The van der Waals surface area contributed by atoms with Crippen LogP contribution in [0, 0.1) is 5.41 Å². The first-order valence-corrected chi connectivity index (χ1v) is 3.93. The van der Waals surface area contributed by atoms with Gasteiger partial charge in [0, 0.05) is 0 Å². The summed E-state index contributed by atoms with van der Waals surface area (Å²) in [6, 6.07) is 0. The highest BCUT2D eigenvalue weighted by Crippen LogP contribution is 2.34. The maximum absolute atomic E-state index is 4.30. The Balaban J connectivity index is 2.56. The van der Waals surface area contributed by atoms with Crippen LogP contribution in [0.2, 0.25) is 0 Å². The predicted molar refractivity (Wildman–Crippen MR) is 44.7 cm³/mol. The number of hydrogen-bond acceptors (Lipinski definition) is 1. The summed E-state index contributed by atoms with van der Waals surface area (Å²) in [6.45, 7) is 4.62. The number of thiol groups is 1. The van der Waals surface area contributed by atoms with Crippen LogP contribution < -0.4 is 0 Å². The minimum Gasteiger partial charge on any atom is -0.148 e. The fourth-order valence-electron chi connectivity index (χ4n) is 1.06. The number of allylic oxidation sites excluding steroid dienone is 2. The maximum Gasteiger partial charge on any atom is -0.0219 e. The van der Waals surface area contributed by atoms with Gasteiger partial charge in [-0.05, 0) is 29.6 Å². The van der Waals surface area contributed by atoms with Crippen molar-refractivity contribution < 1.29 is 0 Å². The zero-order valence-electron chi connectivity index (χ0n) is 6.15. The van der Waals surface area contributed by atoms with Crippen LogP contribution in [0.25, 0.3) is 0 Å². The number of rotatable bonds is 0. The lowest BCUT2D eigenvalue weighted by Crippen LogP contribution is -2.12. The van der Waals surface area contributed by atoms with Crippen molar-refractivity contribution in [2.45, 2.75) is 33.1 Å². The quantitative estimate of drug-likeness (QED) is 0.494. The monoisotopic (exact) mass is 142 g/mol. The summed E-state index contributed by atoms with van der Waals surface area (Å²) in [7, 11) is 0. The molecule has 0 nitrogen and oxygen atoms in total. The molecule has 0 unspecified atom stereocenters. The highest BCUT2D eigenvalue weighted by Gasteiger charge is 2.19. The molecule has 0 fully saturated rings. The predicted octanol–water partition coefficient (Wildman–Crippen LogP) is 3.01. The molecule has 0 N–H and O–H groups in total. The van der Waals surface area contributed by atoms with Crippen molar-refractivity contribution in [3.63, 3.8) is 0 Å². The van der Waals surface area contributed by atoms with E-state index < -0.39 is 0 Å². The van der Waals surface area contributed by atoms with E-state index in [-0.39, 0.29) is 0 Å². The summed E-state index contributed by atoms with van der Waals surface area (Å²) in [6.07, 6.45) is 5.91. The third-order valence-corrected chi connectivity index (χ3v) is 2.35. The first-order chi connectivity index (χ1) is 4.10. The molecule has 1 heteroatoms. The van der Waals surface area contributed by atoms with E-state index in [0.717, 1.165) is 0 Å². The van der Waals surface area contributed by atoms with Gasteiger partial charge >= 0.3 is 0 Å². The Bertz CT molecular complexity index is 134. The minimum atomic E-state index is 0.534. The van der Waals surface area contributed by atoms with Crippen molar-refractivity contribution in [2.75, 3.05) is 0 Å². The second kappa shape index (κ2) is 2.37. The molecule has 0 aromatic carbocycles. The first-order valence-electron chi connectivity index (χ1n) is 3.48. The van der Waals surface area contributed by atoms with Gasteiger partial charge in [0.05, 0.1) is 0 Å². The van der Waals surface area contributed by atoms with Gasteiger partial charge in [-0.3, -0.25) is 0 Å². The van der Waals surface area contributed by atoms with E-state index in [1.54, 1.807) is 0 Å². The Kier molecular flexibility index (Phi) is 1.90. The molecule has 0 atom stereocenters. The van der Waals surface area contributed by atoms with Crippen molar-refractivity contribution in [3.05, 3.63) is 11.0 Å². The van der Waals surface area contributed by atoms with Crippen LogP contribution >= 0.6 is 12.6 Å². The smallest absolute Gasteiger partial charge is 0.0219 e. The molecule has 1 aliphatic rings. The van der Waals surface area contributed by atoms with Gasteiger partial charge < -0.3 is 0 Å². The Labute approximate surface area is 62.8 Å². The third-order valence-electron chi connectivity index (χ3n) is 1.95. The van der Waals surface area contributed by atoms with Crippen LogP contribution in [0.3, 0.4) is 0 Å². The van der Waals surface area contributed by atoms with Crippen molar-refractivity contribution in [3.8, 4) is 0 Å². The van der Waals surface area contributed by atoms with Gasteiger partial charge in [-0.25, -0.2) is 0 Å². The van der Waals surface area contributed by atoms with E-state index in [2.05, 4.69) is 32.6 Å². The Hall–Kier alpha value is 0.0900. The second-order valence-electron chi connectivity index (χ2n) is 3.56. The molecule has 1 aliphatic carbocycles. The van der Waals surface area contributed by atoms with Gasteiger partial charge in [-0.15, -0.1) is 12.6 Å². The maximum atomic E-state index is 4.30. The molecule has 0 heterocycles. The molecule has 0 saturated carbocycles. The van der Waals surface area contributed by atoms with E-state index in [4.69, 9.17) is 0 Å². The summed E-state index contributed by atoms with van der Waals surface area (Å²) in [5.74, 6) is 0. The van der Waals surface area contributed by atoms with Gasteiger partial charge in [0.15, 0.2) is 0 Å². The summed E-state index contributed by atoms with van der Waals surface area (Å²) in [4.78, 5) is 1.27. The third kappa shape index (κ3) is 2.05. The van der Waals surface area contributed by atoms with Crippen molar-refractivity contribution in [1.82, 2.24) is 0 Å². The molecular formula is C8H14S. The van der Waals surface area contributed by atoms with Crippen molar-refractivity contribution in [1.29, 1.82) is 0 Å². The van der Waals surface area contributed by atoms with Crippen LogP contribution in [0.4, 0.5) is 0 Å². The van der Waals surface area contributed by atoms with Gasteiger partial charge in [-0.2, -0.15) is 0 Å².